The molecular weight excluding hydrogens is 853 g/mol. The highest BCUT2D eigenvalue weighted by Crippen LogP contribution is 2.17. The van der Waals surface area contributed by atoms with Gasteiger partial charge >= 0.3 is 17.9 Å². The minimum absolute atomic E-state index is 0.0788. The number of esters is 3. The summed E-state index contributed by atoms with van der Waals surface area (Å²) in [6.07, 6.45) is 71.2. The largest absolute Gasteiger partial charge is 0.462 e. The molecule has 1 unspecified atom stereocenters. The molecule has 0 aromatic rings. The van der Waals surface area contributed by atoms with Crippen molar-refractivity contribution >= 4 is 17.9 Å². The van der Waals surface area contributed by atoms with Crippen LogP contribution in [0.4, 0.5) is 0 Å². The van der Waals surface area contributed by atoms with Gasteiger partial charge in [0.15, 0.2) is 6.10 Å². The molecule has 0 radical (unpaired) electrons. The summed E-state index contributed by atoms with van der Waals surface area (Å²) >= 11 is 0. The highest BCUT2D eigenvalue weighted by Gasteiger charge is 2.19. The molecule has 6 heteroatoms. The van der Waals surface area contributed by atoms with Crippen LogP contribution in [-0.4, -0.2) is 37.2 Å². The first-order valence-electron chi connectivity index (χ1n) is 30.1. The average Bonchev–Trinajstić information content (AvgIpc) is 3.35. The molecule has 0 spiro atoms. The summed E-state index contributed by atoms with van der Waals surface area (Å²) in [5, 5.41) is 0. The van der Waals surface area contributed by atoms with Crippen molar-refractivity contribution in [3.8, 4) is 0 Å². The number of allylic oxidation sites excluding steroid dienone is 8. The van der Waals surface area contributed by atoms with E-state index in [0.717, 1.165) is 96.3 Å². The number of ether oxygens (including phenoxy) is 3. The molecule has 6 nitrogen and oxygen atoms in total. The lowest BCUT2D eigenvalue weighted by Crippen LogP contribution is -2.30. The predicted octanol–water partition coefficient (Wildman–Crippen LogP) is 20.2. The molecular formula is C63H114O6. The van der Waals surface area contributed by atoms with Crippen LogP contribution in [0.5, 0.6) is 0 Å². The van der Waals surface area contributed by atoms with E-state index < -0.39 is 6.10 Å². The summed E-state index contributed by atoms with van der Waals surface area (Å²) in [7, 11) is 0. The number of unbranched alkanes of at least 4 members (excludes halogenated alkanes) is 36. The molecule has 0 N–H and O–H groups in total. The first-order valence-corrected chi connectivity index (χ1v) is 30.1. The molecule has 0 bridgehead atoms. The zero-order valence-corrected chi connectivity index (χ0v) is 46.1. The predicted molar refractivity (Wildman–Crippen MR) is 298 cm³/mol. The van der Waals surface area contributed by atoms with E-state index in [1.54, 1.807) is 0 Å². The lowest BCUT2D eigenvalue weighted by atomic mass is 10.0. The third kappa shape index (κ3) is 56.2. The van der Waals surface area contributed by atoms with Crippen LogP contribution in [-0.2, 0) is 28.6 Å². The highest BCUT2D eigenvalue weighted by molar-refractivity contribution is 5.71. The minimum Gasteiger partial charge on any atom is -0.462 e. The van der Waals surface area contributed by atoms with Gasteiger partial charge in [-0.1, -0.05) is 288 Å². The zero-order chi connectivity index (χ0) is 50.0. The molecule has 0 aromatic carbocycles. The van der Waals surface area contributed by atoms with E-state index in [9.17, 15) is 14.4 Å². The zero-order valence-electron chi connectivity index (χ0n) is 46.1. The fourth-order valence-electron chi connectivity index (χ4n) is 8.85. The van der Waals surface area contributed by atoms with Gasteiger partial charge in [-0.05, 0) is 57.8 Å². The van der Waals surface area contributed by atoms with Crippen LogP contribution in [0.1, 0.15) is 316 Å². The average molecular weight is 968 g/mol. The topological polar surface area (TPSA) is 78.9 Å². The van der Waals surface area contributed by atoms with Crippen molar-refractivity contribution in [2.24, 2.45) is 0 Å². The Bertz CT molecular complexity index is 1200. The van der Waals surface area contributed by atoms with Crippen molar-refractivity contribution in [3.63, 3.8) is 0 Å². The Labute approximate surface area is 428 Å². The number of carbonyl (C=O) groups excluding carboxylic acids is 3. The van der Waals surface area contributed by atoms with Crippen LogP contribution in [0, 0.1) is 0 Å². The Balaban J connectivity index is 4.26. The number of rotatable bonds is 55. The van der Waals surface area contributed by atoms with Gasteiger partial charge in [0, 0.05) is 19.3 Å². The summed E-state index contributed by atoms with van der Waals surface area (Å²) in [4.78, 5) is 38.1. The van der Waals surface area contributed by atoms with Gasteiger partial charge in [0.1, 0.15) is 13.2 Å². The van der Waals surface area contributed by atoms with Crippen molar-refractivity contribution < 1.29 is 28.6 Å². The lowest BCUT2D eigenvalue weighted by Gasteiger charge is -2.18. The van der Waals surface area contributed by atoms with E-state index >= 15 is 0 Å². The Morgan fingerprint density at radius 1 is 0.304 bits per heavy atom. The standard InChI is InChI=1S/C63H114O6/c1-4-7-10-13-16-19-22-24-26-28-29-30-31-32-33-35-36-38-41-44-47-50-53-56-62(65)68-59-60(58-67-61(64)55-52-49-46-43-40-21-18-15-12-9-6-3)69-63(66)57-54-51-48-45-42-39-37-34-27-25-23-20-17-14-11-8-5-2/h8,11,17,20,25,27,37,39,60H,4-7,9-10,12-16,18-19,21-24,26,28-36,38,40-59H2,1-3H3/b11-8-,20-17-,27-25-,39-37-. The van der Waals surface area contributed by atoms with Gasteiger partial charge in [-0.2, -0.15) is 0 Å². The van der Waals surface area contributed by atoms with Gasteiger partial charge in [0.25, 0.3) is 0 Å². The Kier molecular flexibility index (Phi) is 55.7. The smallest absolute Gasteiger partial charge is 0.306 e. The molecule has 0 aliphatic carbocycles. The molecule has 0 fully saturated rings. The van der Waals surface area contributed by atoms with Crippen molar-refractivity contribution in [2.75, 3.05) is 13.2 Å². The van der Waals surface area contributed by atoms with E-state index in [0.29, 0.717) is 19.3 Å². The van der Waals surface area contributed by atoms with E-state index in [2.05, 4.69) is 69.4 Å². The Morgan fingerprint density at radius 3 is 0.884 bits per heavy atom. The lowest BCUT2D eigenvalue weighted by molar-refractivity contribution is -0.167. The Morgan fingerprint density at radius 2 is 0.565 bits per heavy atom. The van der Waals surface area contributed by atoms with Gasteiger partial charge in [-0.25, -0.2) is 0 Å². The minimum atomic E-state index is -0.782. The second-order valence-corrected chi connectivity index (χ2v) is 20.2. The maximum absolute atomic E-state index is 12.8. The van der Waals surface area contributed by atoms with Crippen molar-refractivity contribution in [3.05, 3.63) is 48.6 Å². The monoisotopic (exact) mass is 967 g/mol. The summed E-state index contributed by atoms with van der Waals surface area (Å²) < 4.78 is 16.9. The molecule has 69 heavy (non-hydrogen) atoms. The number of carbonyl (C=O) groups is 3. The van der Waals surface area contributed by atoms with Crippen LogP contribution in [0.25, 0.3) is 0 Å². The summed E-state index contributed by atoms with van der Waals surface area (Å²) in [5.74, 6) is -0.886. The van der Waals surface area contributed by atoms with Gasteiger partial charge in [-0.3, -0.25) is 14.4 Å². The molecule has 0 rings (SSSR count). The maximum Gasteiger partial charge on any atom is 0.306 e. The molecule has 0 aliphatic rings. The SMILES string of the molecule is CC/C=C\C/C=C\C/C=C\C/C=C\CCCCCCC(=O)OC(COC(=O)CCCCCCCCCCCCC)COC(=O)CCCCCCCCCCCCCCCCCCCCCCCCC. The highest BCUT2D eigenvalue weighted by atomic mass is 16.6. The summed E-state index contributed by atoms with van der Waals surface area (Å²) in [5.41, 5.74) is 0. The summed E-state index contributed by atoms with van der Waals surface area (Å²) in [6, 6.07) is 0. The number of hydrogen-bond acceptors (Lipinski definition) is 6. The van der Waals surface area contributed by atoms with Crippen LogP contribution in [0.3, 0.4) is 0 Å². The fraction of sp³-hybridized carbons (Fsp3) is 0.825. The van der Waals surface area contributed by atoms with Crippen molar-refractivity contribution in [1.82, 2.24) is 0 Å². The molecule has 0 saturated carbocycles. The van der Waals surface area contributed by atoms with Crippen LogP contribution < -0.4 is 0 Å². The third-order valence-corrected chi connectivity index (χ3v) is 13.3. The van der Waals surface area contributed by atoms with E-state index in [4.69, 9.17) is 14.2 Å². The fourth-order valence-corrected chi connectivity index (χ4v) is 8.85. The molecule has 0 aliphatic heterocycles. The molecule has 0 saturated heterocycles. The van der Waals surface area contributed by atoms with Crippen LogP contribution >= 0.6 is 0 Å². The second-order valence-electron chi connectivity index (χ2n) is 20.2. The quantitative estimate of drug-likeness (QED) is 0.0262. The molecule has 1 atom stereocenters. The van der Waals surface area contributed by atoms with Crippen LogP contribution in [0.15, 0.2) is 48.6 Å². The molecule has 0 amide bonds. The van der Waals surface area contributed by atoms with E-state index in [1.807, 2.05) is 0 Å². The van der Waals surface area contributed by atoms with Gasteiger partial charge < -0.3 is 14.2 Å². The third-order valence-electron chi connectivity index (χ3n) is 13.3. The van der Waals surface area contributed by atoms with Gasteiger partial charge in [0.05, 0.1) is 0 Å². The first-order chi connectivity index (χ1) is 34.0. The van der Waals surface area contributed by atoms with Crippen LogP contribution in [0.2, 0.25) is 0 Å². The maximum atomic E-state index is 12.8. The normalized spacial score (nSPS) is 12.3. The van der Waals surface area contributed by atoms with Crippen molar-refractivity contribution in [1.29, 1.82) is 0 Å². The van der Waals surface area contributed by atoms with Gasteiger partial charge in [-0.15, -0.1) is 0 Å². The van der Waals surface area contributed by atoms with Crippen molar-refractivity contribution in [2.45, 2.75) is 322 Å². The van der Waals surface area contributed by atoms with E-state index in [1.165, 1.54) is 180 Å². The first kappa shape index (κ1) is 66.4. The molecule has 402 valence electrons. The summed E-state index contributed by atoms with van der Waals surface area (Å²) in [6.45, 7) is 6.54. The molecule has 0 heterocycles. The Hall–Kier alpha value is -2.63. The second kappa shape index (κ2) is 57.9. The van der Waals surface area contributed by atoms with E-state index in [-0.39, 0.29) is 31.1 Å². The van der Waals surface area contributed by atoms with Gasteiger partial charge in [0.2, 0.25) is 0 Å². The molecule has 0 aromatic heterocycles. The number of hydrogen-bond donors (Lipinski definition) is 0.